The van der Waals surface area contributed by atoms with Gasteiger partial charge in [0.25, 0.3) is 0 Å². The summed E-state index contributed by atoms with van der Waals surface area (Å²) in [6, 6.07) is 7.25. The van der Waals surface area contributed by atoms with Crippen LogP contribution in [0, 0.1) is 6.92 Å². The van der Waals surface area contributed by atoms with Crippen LogP contribution in [0.25, 0.3) is 0 Å². The zero-order chi connectivity index (χ0) is 13.8. The van der Waals surface area contributed by atoms with Gasteiger partial charge in [0.15, 0.2) is 0 Å². The maximum absolute atomic E-state index is 11.2. The van der Waals surface area contributed by atoms with Gasteiger partial charge >= 0.3 is 0 Å². The van der Waals surface area contributed by atoms with Crippen LogP contribution in [-0.4, -0.2) is 23.3 Å². The number of amides is 1. The largest absolute Gasteiger partial charge is 0.487 e. The van der Waals surface area contributed by atoms with Crippen LogP contribution >= 0.6 is 0 Å². The third-order valence-corrected chi connectivity index (χ3v) is 2.82. The van der Waals surface area contributed by atoms with Gasteiger partial charge in [0.1, 0.15) is 23.7 Å². The summed E-state index contributed by atoms with van der Waals surface area (Å²) in [6.07, 6.45) is 0. The summed E-state index contributed by atoms with van der Waals surface area (Å²) in [5.41, 5.74) is 2.21. The lowest BCUT2D eigenvalue weighted by molar-refractivity contribution is -0.116. The third-order valence-electron chi connectivity index (χ3n) is 2.82. The molecule has 0 unspecified atom stereocenters. The molecule has 0 aliphatic heterocycles. The number of carbonyl (C=O) groups excluding carboxylic acids is 1. The van der Waals surface area contributed by atoms with E-state index in [1.807, 2.05) is 12.1 Å². The molecule has 0 atom stereocenters. The zero-order valence-corrected chi connectivity index (χ0v) is 11.1. The van der Waals surface area contributed by atoms with Gasteiger partial charge in [-0.1, -0.05) is 10.3 Å². The molecule has 6 nitrogen and oxygen atoms in total. The highest BCUT2D eigenvalue weighted by Gasteiger charge is 2.07. The van der Waals surface area contributed by atoms with Crippen LogP contribution < -0.4 is 9.64 Å². The fourth-order valence-corrected chi connectivity index (χ4v) is 1.48. The SMILES string of the molecule is CC(=O)N(C)c1ccc(OCc2nonc2C)cc1. The number of hydrogen-bond donors (Lipinski definition) is 0. The number of rotatable bonds is 4. The van der Waals surface area contributed by atoms with Gasteiger partial charge < -0.3 is 9.64 Å². The van der Waals surface area contributed by atoms with E-state index in [0.29, 0.717) is 23.7 Å². The zero-order valence-electron chi connectivity index (χ0n) is 11.1. The number of benzene rings is 1. The smallest absolute Gasteiger partial charge is 0.223 e. The maximum atomic E-state index is 11.2. The predicted octanol–water partition coefficient (Wildman–Crippen LogP) is 1.94. The fraction of sp³-hybridized carbons (Fsp3) is 0.308. The molecule has 0 fully saturated rings. The quantitative estimate of drug-likeness (QED) is 0.841. The summed E-state index contributed by atoms with van der Waals surface area (Å²) in [5.74, 6) is 0.682. The molecule has 0 bridgehead atoms. The summed E-state index contributed by atoms with van der Waals surface area (Å²) in [6.45, 7) is 3.63. The van der Waals surface area contributed by atoms with Crippen molar-refractivity contribution in [1.29, 1.82) is 0 Å². The number of hydrogen-bond acceptors (Lipinski definition) is 5. The molecule has 0 aliphatic rings. The minimum atomic E-state index is -0.0158. The standard InChI is InChI=1S/C13H15N3O3/c1-9-13(15-19-14-9)8-18-12-6-4-11(5-7-12)16(3)10(2)17/h4-7H,8H2,1-3H3. The second-order valence-electron chi connectivity index (χ2n) is 4.16. The van der Waals surface area contributed by atoms with Gasteiger partial charge in [-0.2, -0.15) is 0 Å². The van der Waals surface area contributed by atoms with Gasteiger partial charge in [-0.25, -0.2) is 4.63 Å². The molecule has 1 aromatic heterocycles. The lowest BCUT2D eigenvalue weighted by atomic mass is 10.3. The molecular weight excluding hydrogens is 246 g/mol. The first-order valence-corrected chi connectivity index (χ1v) is 5.83. The monoisotopic (exact) mass is 261 g/mol. The molecular formula is C13H15N3O3. The molecule has 0 aliphatic carbocycles. The average molecular weight is 261 g/mol. The molecule has 0 N–H and O–H groups in total. The highest BCUT2D eigenvalue weighted by atomic mass is 16.6. The van der Waals surface area contributed by atoms with E-state index < -0.39 is 0 Å². The van der Waals surface area contributed by atoms with Crippen LogP contribution in [0.4, 0.5) is 5.69 Å². The Labute approximate surface area is 110 Å². The topological polar surface area (TPSA) is 68.5 Å². The Hall–Kier alpha value is -2.37. The Balaban J connectivity index is 1.99. The second-order valence-corrected chi connectivity index (χ2v) is 4.16. The molecule has 0 saturated carbocycles. The van der Waals surface area contributed by atoms with E-state index in [-0.39, 0.29) is 5.91 Å². The summed E-state index contributed by atoms with van der Waals surface area (Å²) in [7, 11) is 1.72. The van der Waals surface area contributed by atoms with Crippen molar-refractivity contribution >= 4 is 11.6 Å². The molecule has 1 aromatic carbocycles. The van der Waals surface area contributed by atoms with E-state index >= 15 is 0 Å². The summed E-state index contributed by atoms with van der Waals surface area (Å²) < 4.78 is 10.1. The van der Waals surface area contributed by atoms with E-state index in [0.717, 1.165) is 5.69 Å². The van der Waals surface area contributed by atoms with Crippen molar-refractivity contribution in [1.82, 2.24) is 10.3 Å². The maximum Gasteiger partial charge on any atom is 0.223 e. The molecule has 0 saturated heterocycles. The summed E-state index contributed by atoms with van der Waals surface area (Å²) in [4.78, 5) is 12.8. The van der Waals surface area contributed by atoms with Gasteiger partial charge in [0.2, 0.25) is 5.91 Å². The highest BCUT2D eigenvalue weighted by Crippen LogP contribution is 2.19. The first kappa shape index (κ1) is 13.1. The molecule has 2 aromatic rings. The second kappa shape index (κ2) is 5.51. The molecule has 0 spiro atoms. The van der Waals surface area contributed by atoms with E-state index in [1.165, 1.54) is 6.92 Å². The Morgan fingerprint density at radius 2 is 2.00 bits per heavy atom. The molecule has 0 radical (unpaired) electrons. The average Bonchev–Trinajstić information content (AvgIpc) is 2.81. The summed E-state index contributed by atoms with van der Waals surface area (Å²) >= 11 is 0. The van der Waals surface area contributed by atoms with Gasteiger partial charge in [-0.15, -0.1) is 0 Å². The van der Waals surface area contributed by atoms with Crippen molar-refractivity contribution in [2.24, 2.45) is 0 Å². The molecule has 6 heteroatoms. The van der Waals surface area contributed by atoms with Gasteiger partial charge in [-0.05, 0) is 31.2 Å². The number of carbonyl (C=O) groups is 1. The molecule has 100 valence electrons. The van der Waals surface area contributed by atoms with Crippen molar-refractivity contribution in [3.8, 4) is 5.75 Å². The van der Waals surface area contributed by atoms with Crippen LogP contribution in [0.1, 0.15) is 18.3 Å². The number of aromatic nitrogens is 2. The van der Waals surface area contributed by atoms with Crippen LogP contribution in [0.15, 0.2) is 28.9 Å². The normalized spacial score (nSPS) is 10.3. The van der Waals surface area contributed by atoms with E-state index in [9.17, 15) is 4.79 Å². The summed E-state index contributed by atoms with van der Waals surface area (Å²) in [5, 5.41) is 7.41. The lowest BCUT2D eigenvalue weighted by Crippen LogP contribution is -2.22. The van der Waals surface area contributed by atoms with E-state index in [1.54, 1.807) is 31.0 Å². The van der Waals surface area contributed by atoms with Crippen molar-refractivity contribution in [2.45, 2.75) is 20.5 Å². The number of ether oxygens (including phenoxy) is 1. The van der Waals surface area contributed by atoms with Gasteiger partial charge in [0, 0.05) is 19.7 Å². The van der Waals surface area contributed by atoms with Gasteiger partial charge in [-0.3, -0.25) is 4.79 Å². The van der Waals surface area contributed by atoms with Crippen LogP contribution in [0.5, 0.6) is 5.75 Å². The first-order valence-electron chi connectivity index (χ1n) is 5.83. The van der Waals surface area contributed by atoms with Crippen molar-refractivity contribution in [2.75, 3.05) is 11.9 Å². The van der Waals surface area contributed by atoms with Gasteiger partial charge in [0.05, 0.1) is 0 Å². The minimum Gasteiger partial charge on any atom is -0.487 e. The van der Waals surface area contributed by atoms with E-state index in [4.69, 9.17) is 4.74 Å². The number of anilines is 1. The highest BCUT2D eigenvalue weighted by molar-refractivity contribution is 5.90. The molecule has 19 heavy (non-hydrogen) atoms. The van der Waals surface area contributed by atoms with Crippen molar-refractivity contribution < 1.29 is 14.2 Å². The number of aryl methyl sites for hydroxylation is 1. The first-order chi connectivity index (χ1) is 9.08. The Bertz CT molecular complexity index is 563. The fourth-order valence-electron chi connectivity index (χ4n) is 1.48. The Kier molecular flexibility index (Phi) is 3.79. The molecule has 1 heterocycles. The minimum absolute atomic E-state index is 0.0158. The molecule has 2 rings (SSSR count). The van der Waals surface area contributed by atoms with E-state index in [2.05, 4.69) is 14.9 Å². The third kappa shape index (κ3) is 3.09. The van der Waals surface area contributed by atoms with Crippen LogP contribution in [-0.2, 0) is 11.4 Å². The Morgan fingerprint density at radius 1 is 1.32 bits per heavy atom. The van der Waals surface area contributed by atoms with Crippen LogP contribution in [0.3, 0.4) is 0 Å². The number of nitrogens with zero attached hydrogens (tertiary/aromatic N) is 3. The molecule has 1 amide bonds. The van der Waals surface area contributed by atoms with Crippen molar-refractivity contribution in [3.05, 3.63) is 35.7 Å². The van der Waals surface area contributed by atoms with Crippen molar-refractivity contribution in [3.63, 3.8) is 0 Å². The lowest BCUT2D eigenvalue weighted by Gasteiger charge is -2.15. The van der Waals surface area contributed by atoms with Crippen LogP contribution in [0.2, 0.25) is 0 Å². The Morgan fingerprint density at radius 3 is 2.53 bits per heavy atom. The predicted molar refractivity (Wildman–Crippen MR) is 68.9 cm³/mol.